The molecule has 0 unspecified atom stereocenters. The topological polar surface area (TPSA) is 17.1 Å². The van der Waals surface area contributed by atoms with Crippen molar-refractivity contribution in [2.75, 3.05) is 0 Å². The summed E-state index contributed by atoms with van der Waals surface area (Å²) in [5.74, 6) is -0.247. The van der Waals surface area contributed by atoms with E-state index in [9.17, 15) is 4.79 Å². The van der Waals surface area contributed by atoms with Gasteiger partial charge in [0, 0.05) is 9.13 Å². The third-order valence-corrected chi connectivity index (χ3v) is 2.67. The number of benzene rings is 1. The fourth-order valence-corrected chi connectivity index (χ4v) is 1.67. The van der Waals surface area contributed by atoms with Gasteiger partial charge in [0.15, 0.2) is 10.6 Å². The summed E-state index contributed by atoms with van der Waals surface area (Å²) in [7, 11) is 0. The zero-order chi connectivity index (χ0) is 9.14. The zero-order valence-corrected chi connectivity index (χ0v) is 9.60. The standard InChI is InChI=1S/C8H5Cl2IO/c9-8(10)7(12)5-3-1-2-4-6(5)11/h1-4,8H. The first-order valence-electron chi connectivity index (χ1n) is 3.20. The minimum atomic E-state index is -0.971. The van der Waals surface area contributed by atoms with Gasteiger partial charge in [0.1, 0.15) is 0 Å². The maximum absolute atomic E-state index is 11.3. The van der Waals surface area contributed by atoms with E-state index in [0.29, 0.717) is 5.56 Å². The van der Waals surface area contributed by atoms with E-state index in [0.717, 1.165) is 3.57 Å². The molecule has 0 saturated carbocycles. The molecule has 0 fully saturated rings. The van der Waals surface area contributed by atoms with Gasteiger partial charge in [0.2, 0.25) is 0 Å². The molecule has 1 nitrogen and oxygen atoms in total. The highest BCUT2D eigenvalue weighted by molar-refractivity contribution is 14.1. The van der Waals surface area contributed by atoms with E-state index in [-0.39, 0.29) is 5.78 Å². The van der Waals surface area contributed by atoms with Gasteiger partial charge in [0.25, 0.3) is 0 Å². The molecule has 12 heavy (non-hydrogen) atoms. The normalized spacial score (nSPS) is 10.3. The lowest BCUT2D eigenvalue weighted by molar-refractivity contribution is 0.101. The number of Topliss-reactive ketones (excluding diaryl/α,β-unsaturated/α-hetero) is 1. The molecule has 1 aromatic rings. The Balaban J connectivity index is 3.03. The van der Waals surface area contributed by atoms with Crippen LogP contribution in [0.4, 0.5) is 0 Å². The fraction of sp³-hybridized carbons (Fsp3) is 0.125. The van der Waals surface area contributed by atoms with E-state index in [4.69, 9.17) is 23.2 Å². The summed E-state index contributed by atoms with van der Waals surface area (Å²) in [5, 5.41) is 0. The van der Waals surface area contributed by atoms with Crippen molar-refractivity contribution in [3.8, 4) is 0 Å². The quantitative estimate of drug-likeness (QED) is 0.465. The van der Waals surface area contributed by atoms with Crippen molar-refractivity contribution in [2.24, 2.45) is 0 Å². The van der Waals surface area contributed by atoms with Gasteiger partial charge in [-0.25, -0.2) is 0 Å². The molecule has 0 spiro atoms. The Kier molecular flexibility index (Phi) is 3.80. The van der Waals surface area contributed by atoms with Crippen LogP contribution in [-0.4, -0.2) is 10.6 Å². The largest absolute Gasteiger partial charge is 0.291 e. The number of carbonyl (C=O) groups is 1. The van der Waals surface area contributed by atoms with E-state index in [2.05, 4.69) is 22.6 Å². The van der Waals surface area contributed by atoms with E-state index in [1.807, 2.05) is 12.1 Å². The van der Waals surface area contributed by atoms with Crippen LogP contribution in [0.2, 0.25) is 0 Å². The van der Waals surface area contributed by atoms with Gasteiger partial charge >= 0.3 is 0 Å². The van der Waals surface area contributed by atoms with Crippen LogP contribution in [0, 0.1) is 3.57 Å². The summed E-state index contributed by atoms with van der Waals surface area (Å²) in [6, 6.07) is 7.19. The lowest BCUT2D eigenvalue weighted by atomic mass is 10.1. The maximum atomic E-state index is 11.3. The zero-order valence-electron chi connectivity index (χ0n) is 5.93. The van der Waals surface area contributed by atoms with E-state index < -0.39 is 4.84 Å². The number of halogens is 3. The van der Waals surface area contributed by atoms with Crippen LogP contribution in [-0.2, 0) is 0 Å². The molecule has 64 valence electrons. The van der Waals surface area contributed by atoms with E-state index >= 15 is 0 Å². The molecule has 0 aliphatic heterocycles. The molecule has 0 N–H and O–H groups in total. The smallest absolute Gasteiger partial charge is 0.196 e. The van der Waals surface area contributed by atoms with Gasteiger partial charge in [-0.15, -0.1) is 0 Å². The predicted molar refractivity (Wildman–Crippen MR) is 59.0 cm³/mol. The summed E-state index contributed by atoms with van der Waals surface area (Å²) < 4.78 is 0.867. The maximum Gasteiger partial charge on any atom is 0.196 e. The molecule has 0 aliphatic rings. The van der Waals surface area contributed by atoms with Crippen LogP contribution in [0.3, 0.4) is 0 Å². The third-order valence-electron chi connectivity index (χ3n) is 1.34. The summed E-state index contributed by atoms with van der Waals surface area (Å²) in [5.41, 5.74) is 0.577. The molecule has 0 radical (unpaired) electrons. The van der Waals surface area contributed by atoms with Crippen LogP contribution in [0.25, 0.3) is 0 Å². The van der Waals surface area contributed by atoms with Crippen molar-refractivity contribution >= 4 is 51.6 Å². The van der Waals surface area contributed by atoms with Crippen LogP contribution >= 0.6 is 45.8 Å². The van der Waals surface area contributed by atoms with Gasteiger partial charge in [-0.2, -0.15) is 0 Å². The highest BCUT2D eigenvalue weighted by atomic mass is 127. The first-order valence-corrected chi connectivity index (χ1v) is 5.15. The minimum Gasteiger partial charge on any atom is -0.291 e. The van der Waals surface area contributed by atoms with Gasteiger partial charge < -0.3 is 0 Å². The monoisotopic (exact) mass is 314 g/mol. The van der Waals surface area contributed by atoms with Gasteiger partial charge in [-0.1, -0.05) is 41.4 Å². The average molecular weight is 315 g/mol. The summed E-state index contributed by atoms with van der Waals surface area (Å²) in [6.07, 6.45) is 0. The van der Waals surface area contributed by atoms with Crippen molar-refractivity contribution < 1.29 is 4.79 Å². The number of hydrogen-bond donors (Lipinski definition) is 0. The van der Waals surface area contributed by atoms with Crippen LogP contribution in [0.1, 0.15) is 10.4 Å². The number of ketones is 1. The number of hydrogen-bond acceptors (Lipinski definition) is 1. The molecule has 0 aliphatic carbocycles. The second-order valence-electron chi connectivity index (χ2n) is 2.14. The lowest BCUT2D eigenvalue weighted by Gasteiger charge is -2.02. The Morgan fingerprint density at radius 3 is 2.42 bits per heavy atom. The Labute approximate surface area is 94.2 Å². The van der Waals surface area contributed by atoms with E-state index in [1.165, 1.54) is 0 Å². The third kappa shape index (κ3) is 2.34. The Hall–Kier alpha value is 0.200. The molecule has 1 rings (SSSR count). The number of carbonyl (C=O) groups excluding carboxylic acids is 1. The second kappa shape index (κ2) is 4.44. The molecule has 0 heterocycles. The number of rotatable bonds is 2. The van der Waals surface area contributed by atoms with Crippen molar-refractivity contribution in [3.05, 3.63) is 33.4 Å². The second-order valence-corrected chi connectivity index (χ2v) is 4.40. The number of alkyl halides is 2. The predicted octanol–water partition coefficient (Wildman–Crippen LogP) is 3.28. The first-order chi connectivity index (χ1) is 5.63. The highest BCUT2D eigenvalue weighted by Gasteiger charge is 2.15. The lowest BCUT2D eigenvalue weighted by Crippen LogP contribution is -2.09. The average Bonchev–Trinajstić information content (AvgIpc) is 2.04. The van der Waals surface area contributed by atoms with Crippen LogP contribution in [0.15, 0.2) is 24.3 Å². The molecule has 0 aromatic heterocycles. The van der Waals surface area contributed by atoms with E-state index in [1.54, 1.807) is 12.1 Å². The molecular weight excluding hydrogens is 310 g/mol. The first kappa shape index (κ1) is 10.3. The summed E-state index contributed by atoms with van der Waals surface area (Å²) in [4.78, 5) is 10.3. The SMILES string of the molecule is O=C(c1ccccc1I)C(Cl)Cl. The van der Waals surface area contributed by atoms with Crippen molar-refractivity contribution in [2.45, 2.75) is 4.84 Å². The van der Waals surface area contributed by atoms with Gasteiger partial charge in [-0.3, -0.25) is 4.79 Å². The van der Waals surface area contributed by atoms with Crippen LogP contribution in [0.5, 0.6) is 0 Å². The van der Waals surface area contributed by atoms with Gasteiger partial charge in [-0.05, 0) is 28.7 Å². The Morgan fingerprint density at radius 1 is 1.33 bits per heavy atom. The minimum absolute atomic E-state index is 0.247. The Morgan fingerprint density at radius 2 is 1.92 bits per heavy atom. The molecule has 0 saturated heterocycles. The molecule has 1 aromatic carbocycles. The summed E-state index contributed by atoms with van der Waals surface area (Å²) in [6.45, 7) is 0. The highest BCUT2D eigenvalue weighted by Crippen LogP contribution is 2.17. The fourth-order valence-electron chi connectivity index (χ4n) is 0.779. The van der Waals surface area contributed by atoms with Crippen molar-refractivity contribution in [1.29, 1.82) is 0 Å². The van der Waals surface area contributed by atoms with Crippen molar-refractivity contribution in [3.63, 3.8) is 0 Å². The Bertz CT molecular complexity index is 299. The molecule has 4 heteroatoms. The van der Waals surface area contributed by atoms with Gasteiger partial charge in [0.05, 0.1) is 0 Å². The van der Waals surface area contributed by atoms with Crippen LogP contribution < -0.4 is 0 Å². The molecular formula is C8H5Cl2IO. The molecule has 0 bridgehead atoms. The molecule has 0 amide bonds. The molecule has 0 atom stereocenters. The van der Waals surface area contributed by atoms with Crippen molar-refractivity contribution in [1.82, 2.24) is 0 Å². The summed E-state index contributed by atoms with van der Waals surface area (Å²) >= 11 is 13.0.